The Morgan fingerprint density at radius 2 is 2.25 bits per heavy atom. The molecule has 0 fully saturated rings. The van der Waals surface area contributed by atoms with Crippen LogP contribution >= 0.6 is 22.9 Å². The first kappa shape index (κ1) is 13.3. The van der Waals surface area contributed by atoms with E-state index in [0.29, 0.717) is 17.6 Å². The van der Waals surface area contributed by atoms with Gasteiger partial charge in [-0.25, -0.2) is 0 Å². The van der Waals surface area contributed by atoms with Crippen molar-refractivity contribution in [2.75, 3.05) is 19.7 Å². The Labute approximate surface area is 103 Å². The number of aromatic nitrogens is 2. The maximum atomic E-state index is 11.3. The summed E-state index contributed by atoms with van der Waals surface area (Å²) in [5, 5.41) is 8.41. The third-order valence-corrected chi connectivity index (χ3v) is 2.91. The topological polar surface area (TPSA) is 55.3 Å². The van der Waals surface area contributed by atoms with E-state index in [1.165, 1.54) is 11.3 Å². The van der Waals surface area contributed by atoms with Gasteiger partial charge in [-0.1, -0.05) is 18.3 Å². The highest BCUT2D eigenvalue weighted by molar-refractivity contribution is 7.15. The first-order valence-electron chi connectivity index (χ1n) is 5.01. The number of carbonyl (C=O) groups excluding carboxylic acids is 1. The van der Waals surface area contributed by atoms with Gasteiger partial charge >= 0.3 is 5.97 Å². The molecule has 7 heteroatoms. The van der Waals surface area contributed by atoms with Crippen LogP contribution in [0.3, 0.4) is 0 Å². The smallest absolute Gasteiger partial charge is 0.320 e. The molecule has 16 heavy (non-hydrogen) atoms. The zero-order chi connectivity index (χ0) is 12.0. The molecule has 1 aromatic heterocycles. The summed E-state index contributed by atoms with van der Waals surface area (Å²) in [5.74, 6) is -0.222. The van der Waals surface area contributed by atoms with Crippen molar-refractivity contribution in [1.29, 1.82) is 0 Å². The van der Waals surface area contributed by atoms with E-state index in [1.54, 1.807) is 6.92 Å². The lowest BCUT2D eigenvalue weighted by Crippen LogP contribution is -2.30. The van der Waals surface area contributed by atoms with Crippen LogP contribution in [0.5, 0.6) is 0 Å². The lowest BCUT2D eigenvalue weighted by atomic mass is 10.4. The van der Waals surface area contributed by atoms with Gasteiger partial charge in [0.05, 0.1) is 19.7 Å². The predicted molar refractivity (Wildman–Crippen MR) is 62.5 cm³/mol. The Kier molecular flexibility index (Phi) is 5.65. The van der Waals surface area contributed by atoms with Crippen molar-refractivity contribution in [1.82, 2.24) is 15.1 Å². The average Bonchev–Trinajstić information content (AvgIpc) is 2.63. The minimum absolute atomic E-state index is 0.222. The van der Waals surface area contributed by atoms with E-state index < -0.39 is 0 Å². The molecule has 0 N–H and O–H groups in total. The first-order valence-corrected chi connectivity index (χ1v) is 6.21. The molecule has 0 amide bonds. The van der Waals surface area contributed by atoms with Crippen molar-refractivity contribution in [2.45, 2.75) is 20.4 Å². The Morgan fingerprint density at radius 1 is 1.50 bits per heavy atom. The molecule has 1 heterocycles. The van der Waals surface area contributed by atoms with Crippen LogP contribution in [0.15, 0.2) is 0 Å². The molecule has 0 saturated carbocycles. The third-order valence-electron chi connectivity index (χ3n) is 1.91. The summed E-state index contributed by atoms with van der Waals surface area (Å²) in [4.78, 5) is 13.2. The fourth-order valence-corrected chi connectivity index (χ4v) is 2.07. The van der Waals surface area contributed by atoms with Gasteiger partial charge in [0.25, 0.3) is 0 Å². The number of hydrogen-bond acceptors (Lipinski definition) is 6. The summed E-state index contributed by atoms with van der Waals surface area (Å²) in [6, 6.07) is 0. The monoisotopic (exact) mass is 263 g/mol. The van der Waals surface area contributed by atoms with Crippen LogP contribution in [0.1, 0.15) is 18.9 Å². The Morgan fingerprint density at radius 3 is 2.75 bits per heavy atom. The van der Waals surface area contributed by atoms with Gasteiger partial charge < -0.3 is 4.74 Å². The zero-order valence-electron chi connectivity index (χ0n) is 9.27. The van der Waals surface area contributed by atoms with E-state index >= 15 is 0 Å². The second-order valence-electron chi connectivity index (χ2n) is 3.06. The van der Waals surface area contributed by atoms with Gasteiger partial charge in [0.1, 0.15) is 5.01 Å². The highest BCUT2D eigenvalue weighted by Gasteiger charge is 2.12. The summed E-state index contributed by atoms with van der Waals surface area (Å²) in [6.07, 6.45) is 0. The molecule has 5 nitrogen and oxygen atoms in total. The lowest BCUT2D eigenvalue weighted by molar-refractivity contribution is -0.144. The van der Waals surface area contributed by atoms with E-state index in [4.69, 9.17) is 16.3 Å². The fraction of sp³-hybridized carbons (Fsp3) is 0.667. The van der Waals surface area contributed by atoms with Crippen molar-refractivity contribution in [3.05, 3.63) is 9.47 Å². The Balaban J connectivity index is 2.45. The van der Waals surface area contributed by atoms with E-state index in [-0.39, 0.29) is 12.5 Å². The molecule has 0 aromatic carbocycles. The van der Waals surface area contributed by atoms with Crippen LogP contribution in [0.4, 0.5) is 0 Å². The average molecular weight is 264 g/mol. The van der Waals surface area contributed by atoms with Crippen LogP contribution < -0.4 is 0 Å². The maximum absolute atomic E-state index is 11.3. The van der Waals surface area contributed by atoms with E-state index in [9.17, 15) is 4.79 Å². The predicted octanol–water partition coefficient (Wildman–Crippen LogP) is 1.58. The van der Waals surface area contributed by atoms with Crippen molar-refractivity contribution in [3.63, 3.8) is 0 Å². The fourth-order valence-electron chi connectivity index (χ4n) is 1.16. The van der Waals surface area contributed by atoms with Crippen LogP contribution in [0, 0.1) is 0 Å². The van der Waals surface area contributed by atoms with Crippen LogP contribution in [0.25, 0.3) is 0 Å². The molecule has 0 spiro atoms. The highest BCUT2D eigenvalue weighted by Crippen LogP contribution is 2.16. The quantitative estimate of drug-likeness (QED) is 0.730. The van der Waals surface area contributed by atoms with Gasteiger partial charge in [-0.15, -0.1) is 10.2 Å². The Hall–Kier alpha value is -0.720. The molecule has 0 aliphatic carbocycles. The first-order chi connectivity index (χ1) is 7.65. The summed E-state index contributed by atoms with van der Waals surface area (Å²) < 4.78 is 5.30. The van der Waals surface area contributed by atoms with E-state index in [2.05, 4.69) is 10.2 Å². The molecule has 0 aliphatic heterocycles. The molecule has 0 aliphatic rings. The maximum Gasteiger partial charge on any atom is 0.320 e. The van der Waals surface area contributed by atoms with Gasteiger partial charge in [0.15, 0.2) is 0 Å². The molecule has 0 bridgehead atoms. The molecule has 1 rings (SSSR count). The molecular weight excluding hydrogens is 250 g/mol. The van der Waals surface area contributed by atoms with Gasteiger partial charge in [-0.2, -0.15) is 0 Å². The number of carbonyl (C=O) groups is 1. The number of nitrogens with zero attached hydrogens (tertiary/aromatic N) is 3. The number of hydrogen-bond donors (Lipinski definition) is 0. The van der Waals surface area contributed by atoms with E-state index in [0.717, 1.165) is 11.6 Å². The molecule has 0 radical (unpaired) electrons. The van der Waals surface area contributed by atoms with Gasteiger partial charge in [-0.05, 0) is 25.1 Å². The second kappa shape index (κ2) is 6.78. The molecule has 0 unspecified atom stereocenters. The van der Waals surface area contributed by atoms with Crippen LogP contribution in [0.2, 0.25) is 4.47 Å². The third kappa shape index (κ3) is 4.42. The SMILES string of the molecule is CCOC(=O)CN(CC)Cc1nnc(Cl)s1. The summed E-state index contributed by atoms with van der Waals surface area (Å²) in [6.45, 7) is 5.75. The van der Waals surface area contributed by atoms with Gasteiger partial charge in [-0.3, -0.25) is 9.69 Å². The lowest BCUT2D eigenvalue weighted by Gasteiger charge is -2.17. The number of halogens is 1. The number of ether oxygens (including phenoxy) is 1. The summed E-state index contributed by atoms with van der Waals surface area (Å²) in [7, 11) is 0. The summed E-state index contributed by atoms with van der Waals surface area (Å²) >= 11 is 7.00. The minimum Gasteiger partial charge on any atom is -0.465 e. The van der Waals surface area contributed by atoms with E-state index in [1.807, 2.05) is 11.8 Å². The number of esters is 1. The van der Waals surface area contributed by atoms with Gasteiger partial charge in [0.2, 0.25) is 4.47 Å². The van der Waals surface area contributed by atoms with Crippen molar-refractivity contribution < 1.29 is 9.53 Å². The Bertz CT molecular complexity index is 345. The van der Waals surface area contributed by atoms with Crippen LogP contribution in [-0.4, -0.2) is 40.8 Å². The standard InChI is InChI=1S/C9H14ClN3O2S/c1-3-13(6-8(14)15-4-2)5-7-11-12-9(10)16-7/h3-6H2,1-2H3. The highest BCUT2D eigenvalue weighted by atomic mass is 35.5. The van der Waals surface area contributed by atoms with Crippen LogP contribution in [-0.2, 0) is 16.1 Å². The molecule has 0 atom stereocenters. The number of rotatable bonds is 6. The van der Waals surface area contributed by atoms with Crippen molar-refractivity contribution >= 4 is 28.9 Å². The second-order valence-corrected chi connectivity index (χ2v) is 4.70. The van der Waals surface area contributed by atoms with Crippen molar-refractivity contribution in [3.8, 4) is 0 Å². The summed E-state index contributed by atoms with van der Waals surface area (Å²) in [5.41, 5.74) is 0. The number of likely N-dealkylation sites (N-methyl/N-ethyl adjacent to an activating group) is 1. The minimum atomic E-state index is -0.222. The largest absolute Gasteiger partial charge is 0.465 e. The molecule has 0 saturated heterocycles. The van der Waals surface area contributed by atoms with Gasteiger partial charge in [0, 0.05) is 0 Å². The normalized spacial score (nSPS) is 10.8. The van der Waals surface area contributed by atoms with Crippen molar-refractivity contribution in [2.24, 2.45) is 0 Å². The molecule has 90 valence electrons. The molecular formula is C9H14ClN3O2S. The molecule has 1 aromatic rings. The zero-order valence-corrected chi connectivity index (χ0v) is 10.8.